The third-order valence-electron chi connectivity index (χ3n) is 3.87. The molecule has 0 amide bonds. The molecule has 2 heteroatoms. The van der Waals surface area contributed by atoms with Crippen molar-refractivity contribution in [2.24, 2.45) is 10.9 Å². The van der Waals surface area contributed by atoms with Crippen molar-refractivity contribution in [3.05, 3.63) is 71.8 Å². The molecule has 98 valence electrons. The van der Waals surface area contributed by atoms with Crippen molar-refractivity contribution in [3.63, 3.8) is 0 Å². The van der Waals surface area contributed by atoms with Crippen LogP contribution in [-0.4, -0.2) is 11.3 Å². The van der Waals surface area contributed by atoms with Crippen molar-refractivity contribution in [2.75, 3.05) is 0 Å². The first kappa shape index (κ1) is 12.6. The van der Waals surface area contributed by atoms with Crippen LogP contribution in [0.3, 0.4) is 0 Å². The summed E-state index contributed by atoms with van der Waals surface area (Å²) in [4.78, 5) is 4.82. The Morgan fingerprint density at radius 1 is 1.05 bits per heavy atom. The quantitative estimate of drug-likeness (QED) is 0.773. The summed E-state index contributed by atoms with van der Waals surface area (Å²) in [5.41, 5.74) is 2.51. The molecule has 0 radical (unpaired) electrons. The van der Waals surface area contributed by atoms with Crippen LogP contribution < -0.4 is 0 Å². The van der Waals surface area contributed by atoms with Gasteiger partial charge in [-0.1, -0.05) is 67.6 Å². The lowest BCUT2D eigenvalue weighted by atomic mass is 10.0. The highest BCUT2D eigenvalue weighted by Crippen LogP contribution is 2.46. The topological polar surface area (TPSA) is 36.1 Å². The van der Waals surface area contributed by atoms with Crippen LogP contribution in [0.4, 0.5) is 0 Å². The molecule has 2 atom stereocenters. The van der Waals surface area contributed by atoms with Crippen molar-refractivity contribution in [2.45, 2.75) is 18.9 Å². The lowest BCUT2D eigenvalue weighted by Crippen LogP contribution is -2.12. The molecule has 0 N–H and O–H groups in total. The molecule has 1 aliphatic rings. The van der Waals surface area contributed by atoms with Crippen LogP contribution in [0.15, 0.2) is 65.7 Å². The first-order chi connectivity index (χ1) is 9.75. The number of benzene rings is 2. The molecule has 2 aromatic carbocycles. The highest BCUT2D eigenvalue weighted by molar-refractivity contribution is 6.13. The van der Waals surface area contributed by atoms with E-state index in [9.17, 15) is 5.26 Å². The third-order valence-corrected chi connectivity index (χ3v) is 3.87. The fraction of sp³-hybridized carbons (Fsp3) is 0.222. The first-order valence-corrected chi connectivity index (χ1v) is 6.87. The van der Waals surface area contributed by atoms with Gasteiger partial charge in [0.15, 0.2) is 5.54 Å². The Balaban J connectivity index is 2.11. The van der Waals surface area contributed by atoms with Crippen LogP contribution in [0.25, 0.3) is 0 Å². The van der Waals surface area contributed by atoms with Gasteiger partial charge in [0.05, 0.1) is 11.8 Å². The zero-order valence-electron chi connectivity index (χ0n) is 11.5. The van der Waals surface area contributed by atoms with Crippen molar-refractivity contribution < 1.29 is 0 Å². The summed E-state index contributed by atoms with van der Waals surface area (Å²) in [6, 6.07) is 22.6. The maximum Gasteiger partial charge on any atom is 0.150 e. The van der Waals surface area contributed by atoms with Crippen molar-refractivity contribution in [1.82, 2.24) is 0 Å². The second-order valence-corrected chi connectivity index (χ2v) is 5.33. The van der Waals surface area contributed by atoms with Gasteiger partial charge in [0.1, 0.15) is 0 Å². The second-order valence-electron chi connectivity index (χ2n) is 5.33. The summed E-state index contributed by atoms with van der Waals surface area (Å²) in [6.07, 6.45) is 0.854. The molecule has 1 fully saturated rings. The van der Waals surface area contributed by atoms with Crippen LogP contribution >= 0.6 is 0 Å². The van der Waals surface area contributed by atoms with E-state index in [2.05, 4.69) is 13.0 Å². The maximum absolute atomic E-state index is 9.41. The van der Waals surface area contributed by atoms with Gasteiger partial charge in [-0.15, -0.1) is 0 Å². The van der Waals surface area contributed by atoms with E-state index in [4.69, 9.17) is 4.99 Å². The minimum atomic E-state index is -0.527. The lowest BCUT2D eigenvalue weighted by molar-refractivity contribution is 0.774. The van der Waals surface area contributed by atoms with Gasteiger partial charge in [-0.05, 0) is 12.3 Å². The predicted molar refractivity (Wildman–Crippen MR) is 80.6 cm³/mol. The van der Waals surface area contributed by atoms with Gasteiger partial charge in [-0.2, -0.15) is 5.26 Å². The lowest BCUT2D eigenvalue weighted by Gasteiger charge is -2.10. The Hall–Kier alpha value is -2.40. The highest BCUT2D eigenvalue weighted by atomic mass is 15.0. The number of aliphatic imine (C=N–C) groups is 1. The van der Waals surface area contributed by atoms with E-state index in [1.807, 2.05) is 60.7 Å². The molecule has 3 rings (SSSR count). The third kappa shape index (κ3) is 2.23. The number of hydrogen-bond donors (Lipinski definition) is 0. The minimum absolute atomic E-state index is 0.343. The minimum Gasteiger partial charge on any atom is -0.262 e. The molecule has 2 nitrogen and oxygen atoms in total. The van der Waals surface area contributed by atoms with Gasteiger partial charge in [-0.25, -0.2) is 0 Å². The van der Waals surface area contributed by atoms with Gasteiger partial charge < -0.3 is 0 Å². The van der Waals surface area contributed by atoms with Gasteiger partial charge in [0.2, 0.25) is 0 Å². The zero-order valence-corrected chi connectivity index (χ0v) is 11.5. The van der Waals surface area contributed by atoms with E-state index >= 15 is 0 Å². The molecular weight excluding hydrogens is 244 g/mol. The van der Waals surface area contributed by atoms with Crippen LogP contribution in [0.5, 0.6) is 0 Å². The second kappa shape index (κ2) is 4.94. The number of nitriles is 1. The molecule has 0 bridgehead atoms. The van der Waals surface area contributed by atoms with E-state index in [-0.39, 0.29) is 0 Å². The maximum atomic E-state index is 9.41. The fourth-order valence-electron chi connectivity index (χ4n) is 2.43. The summed E-state index contributed by atoms with van der Waals surface area (Å²) < 4.78 is 0. The summed E-state index contributed by atoms with van der Waals surface area (Å²) >= 11 is 0. The SMILES string of the molecule is C[C@@H]1C[C@@]1(C#N)N=C(c1ccccc1)c1ccccc1. The summed E-state index contributed by atoms with van der Waals surface area (Å²) in [5, 5.41) is 9.41. The molecular formula is C18H16N2. The molecule has 0 aromatic heterocycles. The largest absolute Gasteiger partial charge is 0.262 e. The molecule has 2 aromatic rings. The van der Waals surface area contributed by atoms with Gasteiger partial charge in [0, 0.05) is 11.1 Å². The van der Waals surface area contributed by atoms with E-state index in [0.29, 0.717) is 5.92 Å². The smallest absolute Gasteiger partial charge is 0.150 e. The van der Waals surface area contributed by atoms with E-state index in [1.54, 1.807) is 0 Å². The number of nitrogens with zero attached hydrogens (tertiary/aromatic N) is 2. The monoisotopic (exact) mass is 260 g/mol. The zero-order chi connectivity index (χ0) is 14.0. The Kier molecular flexibility index (Phi) is 3.12. The number of rotatable bonds is 3. The van der Waals surface area contributed by atoms with Crippen molar-refractivity contribution >= 4 is 5.71 Å². The molecule has 0 aliphatic heterocycles. The Morgan fingerprint density at radius 3 is 1.85 bits per heavy atom. The summed E-state index contributed by atoms with van der Waals surface area (Å²) in [7, 11) is 0. The van der Waals surface area contributed by atoms with Crippen LogP contribution in [0.2, 0.25) is 0 Å². The normalized spacial score (nSPS) is 23.7. The Bertz CT molecular complexity index is 626. The van der Waals surface area contributed by atoms with Gasteiger partial charge in [0.25, 0.3) is 0 Å². The molecule has 1 aliphatic carbocycles. The fourth-order valence-corrected chi connectivity index (χ4v) is 2.43. The summed E-state index contributed by atoms with van der Waals surface area (Å²) in [6.45, 7) is 2.08. The standard InChI is InChI=1S/C18H16N2/c1-14-12-18(14,13-19)20-17(15-8-4-2-5-9-15)16-10-6-3-7-11-16/h2-11,14H,12H2,1H3/t14-,18+/m1/s1. The van der Waals surface area contributed by atoms with Crippen LogP contribution in [0.1, 0.15) is 24.5 Å². The van der Waals surface area contributed by atoms with Crippen LogP contribution in [0, 0.1) is 17.2 Å². The van der Waals surface area contributed by atoms with Gasteiger partial charge >= 0.3 is 0 Å². The Labute approximate surface area is 119 Å². The molecule has 1 saturated carbocycles. The van der Waals surface area contributed by atoms with E-state index in [1.165, 1.54) is 0 Å². The molecule has 0 saturated heterocycles. The van der Waals surface area contributed by atoms with Crippen molar-refractivity contribution in [3.8, 4) is 6.07 Å². The predicted octanol–water partition coefficient (Wildman–Crippen LogP) is 3.83. The van der Waals surface area contributed by atoms with Crippen LogP contribution in [-0.2, 0) is 0 Å². The molecule has 0 spiro atoms. The first-order valence-electron chi connectivity index (χ1n) is 6.87. The number of hydrogen-bond acceptors (Lipinski definition) is 2. The molecule has 20 heavy (non-hydrogen) atoms. The molecule has 0 heterocycles. The highest BCUT2D eigenvalue weighted by Gasteiger charge is 2.52. The van der Waals surface area contributed by atoms with Gasteiger partial charge in [-0.3, -0.25) is 4.99 Å². The summed E-state index contributed by atoms with van der Waals surface area (Å²) in [5.74, 6) is 0.343. The average molecular weight is 260 g/mol. The Morgan fingerprint density at radius 2 is 1.50 bits per heavy atom. The van der Waals surface area contributed by atoms with E-state index in [0.717, 1.165) is 23.3 Å². The van der Waals surface area contributed by atoms with Crippen molar-refractivity contribution in [1.29, 1.82) is 5.26 Å². The average Bonchev–Trinajstić information content (AvgIpc) is 3.17. The molecule has 0 unspecified atom stereocenters. The van der Waals surface area contributed by atoms with E-state index < -0.39 is 5.54 Å².